The van der Waals surface area contributed by atoms with Gasteiger partial charge in [-0.3, -0.25) is 9.88 Å². The summed E-state index contributed by atoms with van der Waals surface area (Å²) >= 11 is 0. The fourth-order valence-electron chi connectivity index (χ4n) is 1.65. The van der Waals surface area contributed by atoms with Crippen LogP contribution in [0.5, 0.6) is 0 Å². The summed E-state index contributed by atoms with van der Waals surface area (Å²) in [6, 6.07) is 3.71. The Bertz CT molecular complexity index is 409. The molecule has 1 aromatic heterocycles. The van der Waals surface area contributed by atoms with Crippen LogP contribution >= 0.6 is 0 Å². The van der Waals surface area contributed by atoms with Gasteiger partial charge in [0, 0.05) is 26.4 Å². The van der Waals surface area contributed by atoms with Crippen LogP contribution in [0.4, 0.5) is 0 Å². The quantitative estimate of drug-likeness (QED) is 0.336. The molecule has 3 N–H and O–H groups in total. The number of hydrogen-bond acceptors (Lipinski definition) is 5. The van der Waals surface area contributed by atoms with Crippen molar-refractivity contribution in [3.05, 3.63) is 29.6 Å². The van der Waals surface area contributed by atoms with Crippen LogP contribution in [-0.2, 0) is 11.3 Å². The Hall–Kier alpha value is -1.66. The Balaban J connectivity index is 2.67. The smallest absolute Gasteiger partial charge is 0.188 e. The summed E-state index contributed by atoms with van der Waals surface area (Å²) in [6.45, 7) is 3.60. The molecule has 0 saturated heterocycles. The minimum absolute atomic E-state index is 0.0183. The van der Waals surface area contributed by atoms with Crippen LogP contribution in [0.2, 0.25) is 0 Å². The number of pyridine rings is 1. The van der Waals surface area contributed by atoms with Gasteiger partial charge in [-0.1, -0.05) is 5.16 Å². The number of aromatic nitrogens is 1. The van der Waals surface area contributed by atoms with Crippen molar-refractivity contribution < 1.29 is 9.94 Å². The van der Waals surface area contributed by atoms with Crippen LogP contribution in [0, 0.1) is 0 Å². The maximum absolute atomic E-state index is 8.61. The number of likely N-dealkylation sites (N-methyl/N-ethyl adjacent to an activating group) is 1. The van der Waals surface area contributed by atoms with Gasteiger partial charge < -0.3 is 15.7 Å². The van der Waals surface area contributed by atoms with Gasteiger partial charge in [-0.2, -0.15) is 0 Å². The van der Waals surface area contributed by atoms with E-state index in [9.17, 15) is 0 Å². The van der Waals surface area contributed by atoms with Crippen molar-refractivity contribution in [2.75, 3.05) is 20.7 Å². The molecule has 0 spiro atoms. The first kappa shape index (κ1) is 14.4. The molecule has 1 heterocycles. The fourth-order valence-corrected chi connectivity index (χ4v) is 1.65. The molecular formula is C12H20N4O2. The van der Waals surface area contributed by atoms with Gasteiger partial charge in [0.2, 0.25) is 0 Å². The van der Waals surface area contributed by atoms with Crippen molar-refractivity contribution in [2.45, 2.75) is 19.6 Å². The first-order valence-corrected chi connectivity index (χ1v) is 5.71. The molecule has 0 bridgehead atoms. The molecule has 0 saturated carbocycles. The van der Waals surface area contributed by atoms with Crippen LogP contribution in [0.3, 0.4) is 0 Å². The highest BCUT2D eigenvalue weighted by atomic mass is 16.5. The summed E-state index contributed by atoms with van der Waals surface area (Å²) in [7, 11) is 3.71. The lowest BCUT2D eigenvalue weighted by Gasteiger charge is -2.20. The van der Waals surface area contributed by atoms with E-state index >= 15 is 0 Å². The number of methoxy groups -OCH3 is 1. The van der Waals surface area contributed by atoms with Gasteiger partial charge in [0.1, 0.15) is 5.69 Å². The summed E-state index contributed by atoms with van der Waals surface area (Å²) in [5.41, 5.74) is 7.03. The number of nitrogens with two attached hydrogens (primary N) is 1. The molecule has 0 fully saturated rings. The van der Waals surface area contributed by atoms with E-state index in [0.717, 1.165) is 18.7 Å². The molecule has 100 valence electrons. The SMILES string of the molecule is COC(C)CN(C)Cc1ccnc(/C(N)=N/O)c1. The maximum atomic E-state index is 8.61. The predicted octanol–water partition coefficient (Wildman–Crippen LogP) is 0.643. The average Bonchev–Trinajstić information content (AvgIpc) is 2.37. The van der Waals surface area contributed by atoms with Crippen LogP contribution in [0.1, 0.15) is 18.2 Å². The number of oxime groups is 1. The lowest BCUT2D eigenvalue weighted by atomic mass is 10.2. The Morgan fingerprint density at radius 3 is 3.00 bits per heavy atom. The molecular weight excluding hydrogens is 232 g/mol. The third kappa shape index (κ3) is 4.31. The van der Waals surface area contributed by atoms with E-state index in [-0.39, 0.29) is 11.9 Å². The zero-order valence-electron chi connectivity index (χ0n) is 11.0. The highest BCUT2D eigenvalue weighted by Crippen LogP contribution is 2.06. The second kappa shape index (κ2) is 6.93. The summed E-state index contributed by atoms with van der Waals surface area (Å²) < 4.78 is 5.21. The summed E-state index contributed by atoms with van der Waals surface area (Å²) in [4.78, 5) is 6.17. The second-order valence-corrected chi connectivity index (χ2v) is 4.28. The van der Waals surface area contributed by atoms with Gasteiger partial charge >= 0.3 is 0 Å². The first-order chi connectivity index (χ1) is 8.56. The van der Waals surface area contributed by atoms with Gasteiger partial charge in [-0.05, 0) is 31.7 Å². The predicted molar refractivity (Wildman–Crippen MR) is 69.6 cm³/mol. The van der Waals surface area contributed by atoms with Crippen LogP contribution in [0.25, 0.3) is 0 Å². The Morgan fingerprint density at radius 1 is 1.67 bits per heavy atom. The van der Waals surface area contributed by atoms with Crippen molar-refractivity contribution in [2.24, 2.45) is 10.9 Å². The number of ether oxygens (including phenoxy) is 1. The normalized spacial score (nSPS) is 13.9. The molecule has 18 heavy (non-hydrogen) atoms. The molecule has 1 atom stereocenters. The lowest BCUT2D eigenvalue weighted by molar-refractivity contribution is 0.0837. The van der Waals surface area contributed by atoms with E-state index < -0.39 is 0 Å². The number of rotatable bonds is 6. The van der Waals surface area contributed by atoms with Crippen LogP contribution in [0.15, 0.2) is 23.5 Å². The van der Waals surface area contributed by atoms with Crippen molar-refractivity contribution in [3.8, 4) is 0 Å². The average molecular weight is 252 g/mol. The largest absolute Gasteiger partial charge is 0.409 e. The lowest BCUT2D eigenvalue weighted by Crippen LogP contribution is -2.28. The molecule has 1 aromatic rings. The molecule has 0 aliphatic heterocycles. The van der Waals surface area contributed by atoms with Gasteiger partial charge in [0.05, 0.1) is 6.10 Å². The number of hydrogen-bond donors (Lipinski definition) is 2. The zero-order chi connectivity index (χ0) is 13.5. The second-order valence-electron chi connectivity index (χ2n) is 4.28. The van der Waals surface area contributed by atoms with E-state index in [2.05, 4.69) is 15.0 Å². The Morgan fingerprint density at radius 2 is 2.39 bits per heavy atom. The molecule has 1 rings (SSSR count). The third-order valence-electron chi connectivity index (χ3n) is 2.62. The maximum Gasteiger partial charge on any atom is 0.188 e. The molecule has 6 heteroatoms. The summed E-state index contributed by atoms with van der Waals surface area (Å²) in [5, 5.41) is 11.5. The first-order valence-electron chi connectivity index (χ1n) is 5.71. The van der Waals surface area contributed by atoms with E-state index in [4.69, 9.17) is 15.7 Å². The highest BCUT2D eigenvalue weighted by molar-refractivity contribution is 5.95. The molecule has 0 aromatic carbocycles. The molecule has 6 nitrogen and oxygen atoms in total. The Labute approximate surface area is 107 Å². The van der Waals surface area contributed by atoms with E-state index in [0.29, 0.717) is 5.69 Å². The van der Waals surface area contributed by atoms with E-state index in [1.165, 1.54) is 0 Å². The van der Waals surface area contributed by atoms with Gasteiger partial charge in [0.15, 0.2) is 5.84 Å². The van der Waals surface area contributed by atoms with Crippen molar-refractivity contribution in [3.63, 3.8) is 0 Å². The highest BCUT2D eigenvalue weighted by Gasteiger charge is 2.07. The Kier molecular flexibility index (Phi) is 5.54. The van der Waals surface area contributed by atoms with Crippen LogP contribution < -0.4 is 5.73 Å². The standard InChI is InChI=1S/C12H20N4O2/c1-9(18-3)7-16(2)8-10-4-5-14-11(6-10)12(13)15-17/h4-6,9,17H,7-8H2,1-3H3,(H2,13,15). The van der Waals surface area contributed by atoms with Crippen molar-refractivity contribution in [1.82, 2.24) is 9.88 Å². The van der Waals surface area contributed by atoms with Gasteiger partial charge in [0.25, 0.3) is 0 Å². The monoisotopic (exact) mass is 252 g/mol. The number of amidine groups is 1. The van der Waals surface area contributed by atoms with Gasteiger partial charge in [-0.25, -0.2) is 0 Å². The van der Waals surface area contributed by atoms with Crippen molar-refractivity contribution in [1.29, 1.82) is 0 Å². The van der Waals surface area contributed by atoms with Crippen LogP contribution in [-0.4, -0.2) is 47.7 Å². The summed E-state index contributed by atoms with van der Waals surface area (Å²) in [5.74, 6) is 0.0183. The molecule has 0 radical (unpaired) electrons. The fraction of sp³-hybridized carbons (Fsp3) is 0.500. The molecule has 0 amide bonds. The van der Waals surface area contributed by atoms with E-state index in [1.54, 1.807) is 13.3 Å². The summed E-state index contributed by atoms with van der Waals surface area (Å²) in [6.07, 6.45) is 1.83. The molecule has 0 aliphatic rings. The number of nitrogens with zero attached hydrogens (tertiary/aromatic N) is 3. The van der Waals surface area contributed by atoms with Crippen molar-refractivity contribution >= 4 is 5.84 Å². The van der Waals surface area contributed by atoms with E-state index in [1.807, 2.05) is 26.1 Å². The zero-order valence-corrected chi connectivity index (χ0v) is 11.0. The van der Waals surface area contributed by atoms with Gasteiger partial charge in [-0.15, -0.1) is 0 Å². The molecule has 1 unspecified atom stereocenters. The molecule has 0 aliphatic carbocycles. The third-order valence-corrected chi connectivity index (χ3v) is 2.62. The minimum atomic E-state index is 0.0183. The topological polar surface area (TPSA) is 84.0 Å². The minimum Gasteiger partial charge on any atom is -0.409 e.